The summed E-state index contributed by atoms with van der Waals surface area (Å²) in [6, 6.07) is 24.0. The number of rotatable bonds is 1. The van der Waals surface area contributed by atoms with Gasteiger partial charge in [0.25, 0.3) is 0 Å². The van der Waals surface area contributed by atoms with E-state index >= 15 is 0 Å². The molecular weight excluding hydrogens is 344 g/mol. The lowest BCUT2D eigenvalue weighted by molar-refractivity contribution is 0.101. The second-order valence-electron chi connectivity index (χ2n) is 7.01. The van der Waals surface area contributed by atoms with E-state index in [1.54, 1.807) is 18.2 Å². The van der Waals surface area contributed by atoms with E-state index < -0.39 is 0 Å². The normalized spacial score (nSPS) is 11.0. The average Bonchev–Trinajstić information content (AvgIpc) is 2.70. The number of phenolic OH excluding ortho intramolecular Hbond substituents is 1. The Morgan fingerprint density at radius 2 is 1.46 bits per heavy atom. The molecule has 1 N–H and O–H groups in total. The van der Waals surface area contributed by atoms with Gasteiger partial charge in [-0.2, -0.15) is 0 Å². The van der Waals surface area contributed by atoms with Gasteiger partial charge in [0.2, 0.25) is 0 Å². The Labute approximate surface area is 162 Å². The summed E-state index contributed by atoms with van der Waals surface area (Å²) in [5, 5.41) is 17.3. The fourth-order valence-electron chi connectivity index (χ4n) is 3.89. The van der Waals surface area contributed by atoms with Gasteiger partial charge >= 0.3 is 0 Å². The minimum absolute atomic E-state index is 0.0327. The van der Waals surface area contributed by atoms with Crippen molar-refractivity contribution in [3.8, 4) is 17.6 Å². The Balaban J connectivity index is 1.70. The number of phenols is 1. The summed E-state index contributed by atoms with van der Waals surface area (Å²) < 4.78 is 0. The van der Waals surface area contributed by atoms with Gasteiger partial charge in [0, 0.05) is 11.1 Å². The van der Waals surface area contributed by atoms with E-state index in [4.69, 9.17) is 0 Å². The van der Waals surface area contributed by atoms with Crippen LogP contribution in [0.2, 0.25) is 0 Å². The summed E-state index contributed by atoms with van der Waals surface area (Å²) in [7, 11) is 0. The van der Waals surface area contributed by atoms with Gasteiger partial charge in [-0.25, -0.2) is 0 Å². The molecule has 0 saturated carbocycles. The first-order valence-corrected chi connectivity index (χ1v) is 9.14. The van der Waals surface area contributed by atoms with Crippen LogP contribution in [0.15, 0.2) is 72.8 Å². The first-order valence-electron chi connectivity index (χ1n) is 9.14. The van der Waals surface area contributed by atoms with Gasteiger partial charge in [-0.15, -0.1) is 0 Å². The lowest BCUT2D eigenvalue weighted by atomic mass is 9.92. The molecule has 0 saturated heterocycles. The Kier molecular flexibility index (Phi) is 3.57. The number of Topliss-reactive ketones (excluding diaryl/α,β-unsaturated/α-hetero) is 1. The number of hydrogen-bond donors (Lipinski definition) is 1. The molecule has 5 aromatic carbocycles. The van der Waals surface area contributed by atoms with Crippen LogP contribution < -0.4 is 0 Å². The minimum Gasteiger partial charge on any atom is -0.507 e. The minimum atomic E-state index is -0.163. The number of carbonyl (C=O) groups excluding carboxylic acids is 1. The summed E-state index contributed by atoms with van der Waals surface area (Å²) >= 11 is 0. The zero-order chi connectivity index (χ0) is 19.3. The number of carbonyl (C=O) groups is 1. The molecule has 0 aliphatic carbocycles. The Hall–Kier alpha value is -3.83. The van der Waals surface area contributed by atoms with Gasteiger partial charge in [0.05, 0.1) is 5.56 Å². The summed E-state index contributed by atoms with van der Waals surface area (Å²) in [4.78, 5) is 11.5. The summed E-state index contributed by atoms with van der Waals surface area (Å²) in [6.07, 6.45) is 0. The smallest absolute Gasteiger partial charge is 0.163 e. The van der Waals surface area contributed by atoms with E-state index in [9.17, 15) is 9.90 Å². The van der Waals surface area contributed by atoms with Crippen molar-refractivity contribution >= 4 is 38.1 Å². The molecule has 0 heterocycles. The molecule has 0 spiro atoms. The van der Waals surface area contributed by atoms with Crippen LogP contribution in [0.3, 0.4) is 0 Å². The van der Waals surface area contributed by atoms with Crippen molar-refractivity contribution in [1.29, 1.82) is 0 Å². The maximum absolute atomic E-state index is 11.5. The van der Waals surface area contributed by atoms with Gasteiger partial charge in [0.15, 0.2) is 5.78 Å². The summed E-state index contributed by atoms with van der Waals surface area (Å²) in [6.45, 7) is 1.44. The van der Waals surface area contributed by atoms with Gasteiger partial charge in [-0.05, 0) is 63.5 Å². The maximum atomic E-state index is 11.5. The third kappa shape index (κ3) is 2.49. The van der Waals surface area contributed by atoms with Crippen molar-refractivity contribution in [2.24, 2.45) is 0 Å². The third-order valence-corrected chi connectivity index (χ3v) is 5.25. The van der Waals surface area contributed by atoms with Crippen LogP contribution in [0.25, 0.3) is 32.3 Å². The zero-order valence-corrected chi connectivity index (χ0v) is 15.3. The number of ketones is 1. The highest BCUT2D eigenvalue weighted by Gasteiger charge is 2.10. The van der Waals surface area contributed by atoms with E-state index in [1.807, 2.05) is 6.07 Å². The standard InChI is InChI=1S/C26H16O2/c1-16(27)22-13-6-17(15-24(22)28)5-7-18-8-9-21-11-10-19-3-2-4-20-12-14-23(18)26(21)25(19)20/h2-4,6,8-15,28H,1H3. The van der Waals surface area contributed by atoms with Crippen LogP contribution in [0.4, 0.5) is 0 Å². The first-order chi connectivity index (χ1) is 13.6. The van der Waals surface area contributed by atoms with E-state index in [2.05, 4.69) is 60.4 Å². The second-order valence-corrected chi connectivity index (χ2v) is 7.01. The summed E-state index contributed by atoms with van der Waals surface area (Å²) in [5.41, 5.74) is 1.93. The molecule has 0 unspecified atom stereocenters. The highest BCUT2D eigenvalue weighted by molar-refractivity contribution is 6.23. The summed E-state index contributed by atoms with van der Waals surface area (Å²) in [5.74, 6) is 6.17. The monoisotopic (exact) mass is 360 g/mol. The van der Waals surface area contributed by atoms with Gasteiger partial charge in [0.1, 0.15) is 5.75 Å². The predicted octanol–water partition coefficient (Wildman–Crippen LogP) is 5.89. The molecule has 2 nitrogen and oxygen atoms in total. The molecule has 0 aromatic heterocycles. The largest absolute Gasteiger partial charge is 0.507 e. The topological polar surface area (TPSA) is 37.3 Å². The number of hydrogen-bond acceptors (Lipinski definition) is 2. The third-order valence-electron chi connectivity index (χ3n) is 5.25. The molecule has 0 fully saturated rings. The molecule has 28 heavy (non-hydrogen) atoms. The fraction of sp³-hybridized carbons (Fsp3) is 0.0385. The number of aromatic hydroxyl groups is 1. The Bertz CT molecular complexity index is 1430. The lowest BCUT2D eigenvalue weighted by Crippen LogP contribution is -1.92. The van der Waals surface area contributed by atoms with Gasteiger partial charge < -0.3 is 5.11 Å². The van der Waals surface area contributed by atoms with Crippen molar-refractivity contribution in [1.82, 2.24) is 0 Å². The zero-order valence-electron chi connectivity index (χ0n) is 15.3. The SMILES string of the molecule is CC(=O)c1ccc(C#Cc2ccc3ccc4cccc5ccc2c3c45)cc1O. The second kappa shape index (κ2) is 6.11. The maximum Gasteiger partial charge on any atom is 0.163 e. The average molecular weight is 360 g/mol. The highest BCUT2D eigenvalue weighted by atomic mass is 16.3. The van der Waals surface area contributed by atoms with Crippen LogP contribution >= 0.6 is 0 Å². The number of benzene rings is 5. The van der Waals surface area contributed by atoms with Gasteiger partial charge in [-0.3, -0.25) is 4.79 Å². The molecule has 5 aromatic rings. The van der Waals surface area contributed by atoms with Crippen molar-refractivity contribution < 1.29 is 9.90 Å². The van der Waals surface area contributed by atoms with Crippen molar-refractivity contribution in [3.05, 3.63) is 89.5 Å². The van der Waals surface area contributed by atoms with Crippen LogP contribution in [0.5, 0.6) is 5.75 Å². The molecular formula is C26H16O2. The van der Waals surface area contributed by atoms with Crippen LogP contribution in [0.1, 0.15) is 28.4 Å². The molecule has 0 radical (unpaired) electrons. The Morgan fingerprint density at radius 3 is 2.18 bits per heavy atom. The molecule has 0 aliphatic rings. The molecule has 5 rings (SSSR count). The van der Waals surface area contributed by atoms with Crippen molar-refractivity contribution in [3.63, 3.8) is 0 Å². The molecule has 0 aliphatic heterocycles. The van der Waals surface area contributed by atoms with E-state index in [1.165, 1.54) is 33.9 Å². The molecule has 0 amide bonds. The molecule has 2 heteroatoms. The molecule has 0 bridgehead atoms. The predicted molar refractivity (Wildman–Crippen MR) is 114 cm³/mol. The van der Waals surface area contributed by atoms with Crippen molar-refractivity contribution in [2.45, 2.75) is 6.92 Å². The fourth-order valence-corrected chi connectivity index (χ4v) is 3.89. The van der Waals surface area contributed by atoms with Crippen LogP contribution in [0, 0.1) is 11.8 Å². The quantitative estimate of drug-likeness (QED) is 0.230. The Morgan fingerprint density at radius 1 is 0.786 bits per heavy atom. The van der Waals surface area contributed by atoms with E-state index in [-0.39, 0.29) is 11.5 Å². The van der Waals surface area contributed by atoms with E-state index in [0.717, 1.165) is 10.9 Å². The molecule has 0 atom stereocenters. The van der Waals surface area contributed by atoms with Crippen molar-refractivity contribution in [2.75, 3.05) is 0 Å². The van der Waals surface area contributed by atoms with Crippen LogP contribution in [-0.4, -0.2) is 10.9 Å². The highest BCUT2D eigenvalue weighted by Crippen LogP contribution is 2.35. The lowest BCUT2D eigenvalue weighted by Gasteiger charge is -2.11. The van der Waals surface area contributed by atoms with Gasteiger partial charge in [-0.1, -0.05) is 60.4 Å². The van der Waals surface area contributed by atoms with Crippen LogP contribution in [-0.2, 0) is 0 Å². The van der Waals surface area contributed by atoms with E-state index in [0.29, 0.717) is 11.1 Å². The molecule has 132 valence electrons. The first kappa shape index (κ1) is 16.4.